The summed E-state index contributed by atoms with van der Waals surface area (Å²) in [6.45, 7) is 3.71. The van der Waals surface area contributed by atoms with Gasteiger partial charge in [0, 0.05) is 5.57 Å². The zero-order chi connectivity index (χ0) is 5.98. The third kappa shape index (κ3) is 0.588. The largest absolute Gasteiger partial charge is 0.115 e. The first-order valence-corrected chi connectivity index (χ1v) is 2.39. The standard InChI is InChI=1S/C8H6/c1-3-8-6-4-5-7(8)2/h1,4-6H,2H2. The van der Waals surface area contributed by atoms with Crippen LogP contribution in [0.25, 0.3) is 0 Å². The minimum absolute atomic E-state index is 0.894. The van der Waals surface area contributed by atoms with Crippen molar-refractivity contribution >= 4 is 0 Å². The lowest BCUT2D eigenvalue weighted by molar-refractivity contribution is 1.71. The summed E-state index contributed by atoms with van der Waals surface area (Å²) in [5.74, 6) is 2.51. The van der Waals surface area contributed by atoms with E-state index in [4.69, 9.17) is 6.42 Å². The van der Waals surface area contributed by atoms with E-state index in [9.17, 15) is 0 Å². The first-order chi connectivity index (χ1) is 3.84. The van der Waals surface area contributed by atoms with Crippen LogP contribution in [0, 0.1) is 12.3 Å². The molecule has 0 aromatic heterocycles. The van der Waals surface area contributed by atoms with Crippen LogP contribution in [0.2, 0.25) is 0 Å². The van der Waals surface area contributed by atoms with E-state index in [0.29, 0.717) is 0 Å². The Morgan fingerprint density at radius 2 is 2.38 bits per heavy atom. The molecular weight excluding hydrogens is 96.1 g/mol. The average Bonchev–Trinajstić information content (AvgIpc) is 2.14. The molecule has 0 aromatic rings. The van der Waals surface area contributed by atoms with Crippen molar-refractivity contribution < 1.29 is 0 Å². The van der Waals surface area contributed by atoms with Gasteiger partial charge < -0.3 is 0 Å². The van der Waals surface area contributed by atoms with Crippen LogP contribution in [0.3, 0.4) is 0 Å². The van der Waals surface area contributed by atoms with Crippen molar-refractivity contribution in [1.82, 2.24) is 0 Å². The average molecular weight is 102 g/mol. The third-order valence-electron chi connectivity index (χ3n) is 1.06. The number of rotatable bonds is 0. The molecule has 0 heterocycles. The lowest BCUT2D eigenvalue weighted by Crippen LogP contribution is -1.71. The van der Waals surface area contributed by atoms with Crippen LogP contribution in [0.15, 0.2) is 36.0 Å². The molecule has 0 unspecified atom stereocenters. The van der Waals surface area contributed by atoms with Gasteiger partial charge in [0.1, 0.15) is 0 Å². The maximum absolute atomic E-state index is 5.11. The Morgan fingerprint density at radius 3 is 2.62 bits per heavy atom. The van der Waals surface area contributed by atoms with Crippen LogP contribution in [0.5, 0.6) is 0 Å². The maximum Gasteiger partial charge on any atom is 0.0309 e. The zero-order valence-corrected chi connectivity index (χ0v) is 4.52. The molecule has 0 aliphatic heterocycles. The van der Waals surface area contributed by atoms with E-state index in [2.05, 4.69) is 12.5 Å². The second-order valence-corrected chi connectivity index (χ2v) is 1.61. The molecule has 0 saturated carbocycles. The number of allylic oxidation sites excluding steroid dienone is 5. The Balaban J connectivity index is 2.93. The van der Waals surface area contributed by atoms with Gasteiger partial charge in [0.05, 0.1) is 0 Å². The Labute approximate surface area is 49.2 Å². The van der Waals surface area contributed by atoms with E-state index < -0.39 is 0 Å². The van der Waals surface area contributed by atoms with Gasteiger partial charge in [-0.2, -0.15) is 0 Å². The van der Waals surface area contributed by atoms with Gasteiger partial charge in [-0.15, -0.1) is 6.42 Å². The van der Waals surface area contributed by atoms with E-state index in [1.54, 1.807) is 0 Å². The van der Waals surface area contributed by atoms with Crippen molar-refractivity contribution in [3.63, 3.8) is 0 Å². The predicted octanol–water partition coefficient (Wildman–Crippen LogP) is 1.67. The van der Waals surface area contributed by atoms with E-state index in [1.807, 2.05) is 18.2 Å². The highest BCUT2D eigenvalue weighted by Crippen LogP contribution is 2.13. The van der Waals surface area contributed by atoms with Gasteiger partial charge in [-0.3, -0.25) is 0 Å². The van der Waals surface area contributed by atoms with Crippen molar-refractivity contribution in [2.75, 3.05) is 0 Å². The topological polar surface area (TPSA) is 0 Å². The van der Waals surface area contributed by atoms with Crippen LogP contribution < -0.4 is 0 Å². The van der Waals surface area contributed by atoms with Gasteiger partial charge >= 0.3 is 0 Å². The van der Waals surface area contributed by atoms with Crippen molar-refractivity contribution in [2.24, 2.45) is 0 Å². The highest BCUT2D eigenvalue weighted by atomic mass is 14.0. The zero-order valence-electron chi connectivity index (χ0n) is 4.52. The maximum atomic E-state index is 5.11. The molecule has 1 rings (SSSR count). The van der Waals surface area contributed by atoms with Crippen molar-refractivity contribution in [2.45, 2.75) is 0 Å². The lowest BCUT2D eigenvalue weighted by atomic mass is 10.2. The summed E-state index contributed by atoms with van der Waals surface area (Å²) in [4.78, 5) is 0. The Bertz CT molecular complexity index is 209. The highest BCUT2D eigenvalue weighted by Gasteiger charge is 1.97. The first kappa shape index (κ1) is 4.93. The molecule has 0 heteroatoms. The lowest BCUT2D eigenvalue weighted by Gasteiger charge is -1.86. The summed E-state index contributed by atoms with van der Waals surface area (Å²) in [5, 5.41) is 0. The molecular formula is C8H6. The van der Waals surface area contributed by atoms with E-state index >= 15 is 0 Å². The molecule has 0 atom stereocenters. The van der Waals surface area contributed by atoms with Crippen LogP contribution >= 0.6 is 0 Å². The summed E-state index contributed by atoms with van der Waals surface area (Å²) in [6.07, 6.45) is 10.8. The molecule has 38 valence electrons. The minimum Gasteiger partial charge on any atom is -0.115 e. The van der Waals surface area contributed by atoms with Crippen molar-refractivity contribution in [3.05, 3.63) is 36.0 Å². The molecule has 0 N–H and O–H groups in total. The summed E-state index contributed by atoms with van der Waals surface area (Å²) < 4.78 is 0. The predicted molar refractivity (Wildman–Crippen MR) is 35.2 cm³/mol. The minimum atomic E-state index is 0.894. The Kier molecular flexibility index (Phi) is 1.06. The Morgan fingerprint density at radius 1 is 1.62 bits per heavy atom. The molecule has 0 amide bonds. The number of hydrogen-bond acceptors (Lipinski definition) is 0. The molecule has 0 nitrogen and oxygen atoms in total. The molecule has 0 saturated heterocycles. The SMILES string of the molecule is C#CC1=CC=CC1=C. The second-order valence-electron chi connectivity index (χ2n) is 1.61. The summed E-state index contributed by atoms with van der Waals surface area (Å²) in [5.41, 5.74) is 1.83. The fourth-order valence-corrected chi connectivity index (χ4v) is 0.598. The number of terminal acetylenes is 1. The number of hydrogen-bond donors (Lipinski definition) is 0. The molecule has 8 heavy (non-hydrogen) atoms. The van der Waals surface area contributed by atoms with Crippen LogP contribution in [-0.4, -0.2) is 0 Å². The van der Waals surface area contributed by atoms with Crippen molar-refractivity contribution in [3.8, 4) is 12.3 Å². The fraction of sp³-hybridized carbons (Fsp3) is 0. The van der Waals surface area contributed by atoms with Crippen LogP contribution in [-0.2, 0) is 0 Å². The monoisotopic (exact) mass is 102 g/mol. The molecule has 0 spiro atoms. The first-order valence-electron chi connectivity index (χ1n) is 2.39. The van der Waals surface area contributed by atoms with E-state index in [-0.39, 0.29) is 0 Å². The molecule has 0 aromatic carbocycles. The highest BCUT2D eigenvalue weighted by molar-refractivity contribution is 5.55. The quantitative estimate of drug-likeness (QED) is 0.408. The van der Waals surface area contributed by atoms with E-state index in [1.165, 1.54) is 0 Å². The van der Waals surface area contributed by atoms with Gasteiger partial charge in [0.15, 0.2) is 0 Å². The second kappa shape index (κ2) is 1.71. The Hall–Kier alpha value is -1.22. The van der Waals surface area contributed by atoms with Gasteiger partial charge in [0.25, 0.3) is 0 Å². The molecule has 0 fully saturated rings. The molecule has 1 aliphatic carbocycles. The fourth-order valence-electron chi connectivity index (χ4n) is 0.598. The normalized spacial score (nSPS) is 15.9. The van der Waals surface area contributed by atoms with Crippen LogP contribution in [0.1, 0.15) is 0 Å². The molecule has 0 radical (unpaired) electrons. The van der Waals surface area contributed by atoms with Gasteiger partial charge in [-0.05, 0) is 11.6 Å². The molecule has 0 bridgehead atoms. The van der Waals surface area contributed by atoms with Crippen LogP contribution in [0.4, 0.5) is 0 Å². The van der Waals surface area contributed by atoms with Gasteiger partial charge in [-0.1, -0.05) is 24.7 Å². The summed E-state index contributed by atoms with van der Waals surface area (Å²) >= 11 is 0. The van der Waals surface area contributed by atoms with Gasteiger partial charge in [0.2, 0.25) is 0 Å². The van der Waals surface area contributed by atoms with Crippen molar-refractivity contribution in [1.29, 1.82) is 0 Å². The smallest absolute Gasteiger partial charge is 0.0309 e. The molecule has 1 aliphatic rings. The van der Waals surface area contributed by atoms with Gasteiger partial charge in [-0.25, -0.2) is 0 Å². The summed E-state index contributed by atoms with van der Waals surface area (Å²) in [6, 6.07) is 0. The summed E-state index contributed by atoms with van der Waals surface area (Å²) in [7, 11) is 0. The third-order valence-corrected chi connectivity index (χ3v) is 1.06. The van der Waals surface area contributed by atoms with E-state index in [0.717, 1.165) is 11.1 Å².